The smallest absolute Gasteiger partial charge is 0.241 e. The van der Waals surface area contributed by atoms with Crippen molar-refractivity contribution in [1.29, 1.82) is 0 Å². The van der Waals surface area contributed by atoms with Crippen LogP contribution in [0.1, 0.15) is 24.0 Å². The quantitative estimate of drug-likeness (QED) is 0.853. The first-order valence-corrected chi connectivity index (χ1v) is 8.81. The van der Waals surface area contributed by atoms with Crippen LogP contribution in [0.4, 0.5) is 0 Å². The predicted octanol–water partition coefficient (Wildman–Crippen LogP) is 1.67. The van der Waals surface area contributed by atoms with Gasteiger partial charge in [0.05, 0.1) is 4.90 Å². The van der Waals surface area contributed by atoms with Crippen molar-refractivity contribution < 1.29 is 13.2 Å². The van der Waals surface area contributed by atoms with Crippen LogP contribution in [-0.4, -0.2) is 27.7 Å². The van der Waals surface area contributed by atoms with Crippen molar-refractivity contribution >= 4 is 26.0 Å². The van der Waals surface area contributed by atoms with Crippen LogP contribution in [0.3, 0.4) is 0 Å². The molecule has 0 saturated carbocycles. The van der Waals surface area contributed by atoms with Crippen LogP contribution >= 0.6 is 15.9 Å². The molecule has 0 bridgehead atoms. The highest BCUT2D eigenvalue weighted by atomic mass is 79.9. The molecule has 1 fully saturated rings. The fourth-order valence-electron chi connectivity index (χ4n) is 2.22. The van der Waals surface area contributed by atoms with Gasteiger partial charge in [-0.05, 0) is 52.9 Å². The number of aryl methyl sites for hydroxylation is 1. The molecule has 1 saturated heterocycles. The summed E-state index contributed by atoms with van der Waals surface area (Å²) in [5.41, 5.74) is 7.28. The zero-order valence-corrected chi connectivity index (χ0v) is 13.8. The number of ether oxygens (including phenoxy) is 1. The molecule has 1 aromatic carbocycles. The van der Waals surface area contributed by atoms with Gasteiger partial charge in [-0.3, -0.25) is 0 Å². The third-order valence-corrected chi connectivity index (χ3v) is 6.21. The fourth-order valence-corrected chi connectivity index (χ4v) is 4.59. The summed E-state index contributed by atoms with van der Waals surface area (Å²) in [6.45, 7) is 3.36. The molecule has 3 N–H and O–H groups in total. The Hall–Kier alpha value is -0.470. The second kappa shape index (κ2) is 6.53. The zero-order chi connectivity index (χ0) is 14.8. The number of nitrogens with one attached hydrogen (secondary N) is 1. The average molecular weight is 363 g/mol. The van der Waals surface area contributed by atoms with Crippen molar-refractivity contribution in [2.45, 2.75) is 37.2 Å². The van der Waals surface area contributed by atoms with Crippen molar-refractivity contribution in [3.63, 3.8) is 0 Å². The van der Waals surface area contributed by atoms with Gasteiger partial charge < -0.3 is 10.5 Å². The van der Waals surface area contributed by atoms with Gasteiger partial charge in [-0.2, -0.15) is 0 Å². The molecule has 0 aliphatic carbocycles. The highest BCUT2D eigenvalue weighted by Gasteiger charge is 2.25. The van der Waals surface area contributed by atoms with E-state index in [1.54, 1.807) is 6.07 Å². The van der Waals surface area contributed by atoms with E-state index < -0.39 is 10.0 Å². The summed E-state index contributed by atoms with van der Waals surface area (Å²) in [7, 11) is -3.55. The van der Waals surface area contributed by atoms with Gasteiger partial charge in [-0.1, -0.05) is 6.07 Å². The monoisotopic (exact) mass is 362 g/mol. The van der Waals surface area contributed by atoms with Crippen LogP contribution in [0.25, 0.3) is 0 Å². The van der Waals surface area contributed by atoms with E-state index in [4.69, 9.17) is 10.5 Å². The van der Waals surface area contributed by atoms with Gasteiger partial charge >= 0.3 is 0 Å². The van der Waals surface area contributed by atoms with Crippen molar-refractivity contribution in [1.82, 2.24) is 4.72 Å². The Morgan fingerprint density at radius 2 is 2.05 bits per heavy atom. The molecule has 0 atom stereocenters. The van der Waals surface area contributed by atoms with Crippen molar-refractivity contribution in [2.75, 3.05) is 13.2 Å². The van der Waals surface area contributed by atoms with Crippen molar-refractivity contribution in [3.05, 3.63) is 27.7 Å². The van der Waals surface area contributed by atoms with Gasteiger partial charge in [0.1, 0.15) is 0 Å². The van der Waals surface area contributed by atoms with Gasteiger partial charge in [0, 0.05) is 30.3 Å². The lowest BCUT2D eigenvalue weighted by atomic mass is 10.1. The molecule has 0 radical (unpaired) electrons. The largest absolute Gasteiger partial charge is 0.381 e. The maximum atomic E-state index is 12.5. The molecule has 1 heterocycles. The molecule has 112 valence electrons. The Bertz CT molecular complexity index is 584. The van der Waals surface area contributed by atoms with Crippen LogP contribution in [0.2, 0.25) is 0 Å². The molecule has 7 heteroatoms. The van der Waals surface area contributed by atoms with Crippen molar-refractivity contribution in [2.24, 2.45) is 5.73 Å². The molecule has 0 amide bonds. The number of nitrogens with two attached hydrogens (primary N) is 1. The lowest BCUT2D eigenvalue weighted by Crippen LogP contribution is -2.39. The Morgan fingerprint density at radius 1 is 1.40 bits per heavy atom. The highest BCUT2D eigenvalue weighted by molar-refractivity contribution is 9.10. The SMILES string of the molecule is Cc1cc(CN)cc(S(=O)(=O)NC2CCOCC2)c1Br. The molecule has 20 heavy (non-hydrogen) atoms. The minimum Gasteiger partial charge on any atom is -0.381 e. The third-order valence-electron chi connectivity index (χ3n) is 3.35. The molecular formula is C13H19BrN2O3S. The van der Waals surface area contributed by atoms with E-state index in [1.807, 2.05) is 13.0 Å². The predicted molar refractivity (Wildman–Crippen MR) is 80.9 cm³/mol. The Labute approximate surface area is 128 Å². The van der Waals surface area contributed by atoms with Crippen LogP contribution in [0, 0.1) is 6.92 Å². The highest BCUT2D eigenvalue weighted by Crippen LogP contribution is 2.27. The van der Waals surface area contributed by atoms with Gasteiger partial charge in [0.25, 0.3) is 0 Å². The van der Waals surface area contributed by atoms with Crippen molar-refractivity contribution in [3.8, 4) is 0 Å². The molecule has 0 unspecified atom stereocenters. The molecule has 5 nitrogen and oxygen atoms in total. The Balaban J connectivity index is 2.30. The number of halogens is 1. The lowest BCUT2D eigenvalue weighted by Gasteiger charge is -2.23. The van der Waals surface area contributed by atoms with E-state index in [-0.39, 0.29) is 10.9 Å². The molecular weight excluding hydrogens is 344 g/mol. The topological polar surface area (TPSA) is 81.4 Å². The van der Waals surface area contributed by atoms with E-state index in [0.717, 1.165) is 11.1 Å². The summed E-state index contributed by atoms with van der Waals surface area (Å²) < 4.78 is 33.6. The first-order chi connectivity index (χ1) is 9.44. The summed E-state index contributed by atoms with van der Waals surface area (Å²) in [5.74, 6) is 0. The average Bonchev–Trinajstić information content (AvgIpc) is 2.42. The number of sulfonamides is 1. The van der Waals surface area contributed by atoms with E-state index in [9.17, 15) is 8.42 Å². The van der Waals surface area contributed by atoms with Crippen LogP contribution in [0.5, 0.6) is 0 Å². The summed E-state index contributed by atoms with van der Waals surface area (Å²) >= 11 is 3.36. The summed E-state index contributed by atoms with van der Waals surface area (Å²) in [6.07, 6.45) is 1.40. The van der Waals surface area contributed by atoms with E-state index in [2.05, 4.69) is 20.7 Å². The van der Waals surface area contributed by atoms with Gasteiger partial charge in [0.15, 0.2) is 0 Å². The van der Waals surface area contributed by atoms with Gasteiger partial charge in [0.2, 0.25) is 10.0 Å². The molecule has 1 aliphatic rings. The molecule has 0 spiro atoms. The summed E-state index contributed by atoms with van der Waals surface area (Å²) in [4.78, 5) is 0.254. The summed E-state index contributed by atoms with van der Waals surface area (Å²) in [6, 6.07) is 3.44. The number of rotatable bonds is 4. The minimum atomic E-state index is -3.55. The zero-order valence-electron chi connectivity index (χ0n) is 11.4. The molecule has 0 aromatic heterocycles. The number of benzene rings is 1. The first kappa shape index (κ1) is 15.9. The van der Waals surface area contributed by atoms with Crippen LogP contribution < -0.4 is 10.5 Å². The Kier molecular flexibility index (Phi) is 5.19. The van der Waals surface area contributed by atoms with E-state index in [0.29, 0.717) is 37.1 Å². The Morgan fingerprint density at radius 3 is 2.65 bits per heavy atom. The molecule has 1 aromatic rings. The van der Waals surface area contributed by atoms with Gasteiger partial charge in [-0.15, -0.1) is 0 Å². The standard InChI is InChI=1S/C13H19BrN2O3S/c1-9-6-10(8-15)7-12(13(9)14)20(17,18)16-11-2-4-19-5-3-11/h6-7,11,16H,2-5,8,15H2,1H3. The van der Waals surface area contributed by atoms with Crippen LogP contribution in [0.15, 0.2) is 21.5 Å². The van der Waals surface area contributed by atoms with E-state index in [1.165, 1.54) is 0 Å². The second-order valence-corrected chi connectivity index (χ2v) is 7.41. The first-order valence-electron chi connectivity index (χ1n) is 6.53. The van der Waals surface area contributed by atoms with Crippen LogP contribution in [-0.2, 0) is 21.3 Å². The normalized spacial score (nSPS) is 17.4. The number of hydrogen-bond acceptors (Lipinski definition) is 4. The van der Waals surface area contributed by atoms with Gasteiger partial charge in [-0.25, -0.2) is 13.1 Å². The fraction of sp³-hybridized carbons (Fsp3) is 0.538. The maximum absolute atomic E-state index is 12.5. The third kappa shape index (κ3) is 3.59. The molecule has 2 rings (SSSR count). The lowest BCUT2D eigenvalue weighted by molar-refractivity contribution is 0.0832. The minimum absolute atomic E-state index is 0.0671. The molecule has 1 aliphatic heterocycles. The maximum Gasteiger partial charge on any atom is 0.241 e. The second-order valence-electron chi connectivity index (χ2n) is 4.94. The summed E-state index contributed by atoms with van der Waals surface area (Å²) in [5, 5.41) is 0. The van der Waals surface area contributed by atoms with E-state index >= 15 is 0 Å². The number of hydrogen-bond donors (Lipinski definition) is 2.